The van der Waals surface area contributed by atoms with Crippen molar-refractivity contribution in [1.29, 1.82) is 0 Å². The molecule has 2 aliphatic heterocycles. The third-order valence-electron chi connectivity index (χ3n) is 5.40. The second kappa shape index (κ2) is 7.42. The fourth-order valence-corrected chi connectivity index (χ4v) is 3.83. The molecular weight excluding hydrogens is 383 g/mol. The second-order valence-electron chi connectivity index (χ2n) is 7.40. The number of hydrogen-bond acceptors (Lipinski definition) is 3. The first kappa shape index (κ1) is 19.3. The summed E-state index contributed by atoms with van der Waals surface area (Å²) in [6.45, 7) is 1.03. The third-order valence-corrected chi connectivity index (χ3v) is 5.40. The van der Waals surface area contributed by atoms with Crippen LogP contribution in [-0.4, -0.2) is 24.9 Å². The summed E-state index contributed by atoms with van der Waals surface area (Å²) in [7, 11) is 0. The lowest BCUT2D eigenvalue weighted by Gasteiger charge is -2.33. The Labute approximate surface area is 165 Å². The Morgan fingerprint density at radius 2 is 1.86 bits per heavy atom. The van der Waals surface area contributed by atoms with Gasteiger partial charge in [-0.1, -0.05) is 6.07 Å². The van der Waals surface area contributed by atoms with Crippen molar-refractivity contribution in [2.75, 3.05) is 28.6 Å². The van der Waals surface area contributed by atoms with Crippen LogP contribution in [0.15, 0.2) is 42.5 Å². The van der Waals surface area contributed by atoms with Gasteiger partial charge < -0.3 is 15.5 Å². The Morgan fingerprint density at radius 3 is 2.59 bits per heavy atom. The van der Waals surface area contributed by atoms with E-state index in [1.54, 1.807) is 24.3 Å². The van der Waals surface area contributed by atoms with E-state index in [9.17, 15) is 22.8 Å². The molecule has 0 atom stereocenters. The van der Waals surface area contributed by atoms with E-state index in [1.165, 1.54) is 6.07 Å². The smallest absolute Gasteiger partial charge is 0.371 e. The van der Waals surface area contributed by atoms with Gasteiger partial charge >= 0.3 is 6.18 Å². The van der Waals surface area contributed by atoms with Crippen LogP contribution in [0.5, 0.6) is 0 Å². The number of carbonyl (C=O) groups excluding carboxylic acids is 2. The summed E-state index contributed by atoms with van der Waals surface area (Å²) < 4.78 is 38.8. The lowest BCUT2D eigenvalue weighted by molar-refractivity contribution is -0.137. The molecule has 0 radical (unpaired) electrons. The van der Waals surface area contributed by atoms with Gasteiger partial charge in [-0.15, -0.1) is 0 Å². The summed E-state index contributed by atoms with van der Waals surface area (Å²) in [6, 6.07) is 10.6. The maximum absolute atomic E-state index is 12.9. The van der Waals surface area contributed by atoms with Crippen LogP contribution in [0.2, 0.25) is 0 Å². The molecule has 0 aromatic heterocycles. The molecule has 0 unspecified atom stereocenters. The van der Waals surface area contributed by atoms with Crippen LogP contribution in [-0.2, 0) is 22.2 Å². The number of carbonyl (C=O) groups is 2. The van der Waals surface area contributed by atoms with E-state index < -0.39 is 11.7 Å². The van der Waals surface area contributed by atoms with Gasteiger partial charge in [0.25, 0.3) is 0 Å². The first-order valence-corrected chi connectivity index (χ1v) is 9.45. The number of nitrogens with zero attached hydrogens (tertiary/aromatic N) is 1. The molecule has 4 rings (SSSR count). The van der Waals surface area contributed by atoms with Crippen LogP contribution < -0.4 is 15.5 Å². The summed E-state index contributed by atoms with van der Waals surface area (Å²) in [6.07, 6.45) is -2.95. The largest absolute Gasteiger partial charge is 0.416 e. The Morgan fingerprint density at radius 1 is 1.10 bits per heavy atom. The lowest BCUT2D eigenvalue weighted by atomic mass is 9.95. The number of hydrogen-bond donors (Lipinski definition) is 2. The van der Waals surface area contributed by atoms with Gasteiger partial charge in [-0.2, -0.15) is 13.2 Å². The van der Waals surface area contributed by atoms with Gasteiger partial charge in [0.2, 0.25) is 11.8 Å². The molecule has 2 heterocycles. The van der Waals surface area contributed by atoms with Gasteiger partial charge in [0.15, 0.2) is 0 Å². The van der Waals surface area contributed by atoms with Gasteiger partial charge in [-0.3, -0.25) is 9.59 Å². The molecule has 0 saturated carbocycles. The Bertz CT molecular complexity index is 950. The van der Waals surface area contributed by atoms with E-state index >= 15 is 0 Å². The van der Waals surface area contributed by atoms with Crippen molar-refractivity contribution >= 4 is 28.9 Å². The van der Waals surface area contributed by atoms with Crippen LogP contribution in [0, 0.1) is 5.92 Å². The number of halogens is 3. The summed E-state index contributed by atoms with van der Waals surface area (Å²) in [5, 5.41) is 5.64. The van der Waals surface area contributed by atoms with E-state index in [2.05, 4.69) is 10.6 Å². The minimum atomic E-state index is -4.37. The summed E-state index contributed by atoms with van der Waals surface area (Å²) in [4.78, 5) is 25.9. The highest BCUT2D eigenvalue weighted by Gasteiger charge is 2.31. The van der Waals surface area contributed by atoms with E-state index in [0.717, 1.165) is 23.4 Å². The third kappa shape index (κ3) is 4.21. The average Bonchev–Trinajstić information content (AvgIpc) is 3.07. The lowest BCUT2D eigenvalue weighted by Crippen LogP contribution is -2.38. The van der Waals surface area contributed by atoms with Crippen LogP contribution in [0.3, 0.4) is 0 Å². The van der Waals surface area contributed by atoms with Crippen molar-refractivity contribution in [3.63, 3.8) is 0 Å². The number of fused-ring (bicyclic) bond motifs is 1. The number of anilines is 3. The van der Waals surface area contributed by atoms with Gasteiger partial charge in [-0.25, -0.2) is 0 Å². The number of piperidine rings is 1. The first-order chi connectivity index (χ1) is 13.8. The second-order valence-corrected chi connectivity index (χ2v) is 7.40. The number of rotatable bonds is 3. The van der Waals surface area contributed by atoms with E-state index in [0.29, 0.717) is 43.7 Å². The molecule has 0 aliphatic carbocycles. The Kier molecular flexibility index (Phi) is 4.94. The van der Waals surface area contributed by atoms with E-state index in [-0.39, 0.29) is 17.7 Å². The molecule has 2 aromatic rings. The highest BCUT2D eigenvalue weighted by atomic mass is 19.4. The Balaban J connectivity index is 1.36. The van der Waals surface area contributed by atoms with E-state index in [4.69, 9.17) is 0 Å². The van der Waals surface area contributed by atoms with Crippen LogP contribution in [0.4, 0.5) is 30.2 Å². The maximum Gasteiger partial charge on any atom is 0.416 e. The highest BCUT2D eigenvalue weighted by molar-refractivity contribution is 6.00. The molecule has 2 aliphatic rings. The molecule has 0 bridgehead atoms. The van der Waals surface area contributed by atoms with Crippen LogP contribution in [0.1, 0.15) is 24.0 Å². The zero-order chi connectivity index (χ0) is 20.6. The monoisotopic (exact) mass is 403 g/mol. The average molecular weight is 403 g/mol. The van der Waals surface area contributed by atoms with Crippen molar-refractivity contribution in [3.8, 4) is 0 Å². The highest BCUT2D eigenvalue weighted by Crippen LogP contribution is 2.33. The topological polar surface area (TPSA) is 61.4 Å². The van der Waals surface area contributed by atoms with Crippen molar-refractivity contribution in [1.82, 2.24) is 0 Å². The maximum atomic E-state index is 12.9. The van der Waals surface area contributed by atoms with Crippen molar-refractivity contribution in [2.24, 2.45) is 5.92 Å². The molecule has 29 heavy (non-hydrogen) atoms. The molecule has 2 N–H and O–H groups in total. The van der Waals surface area contributed by atoms with Gasteiger partial charge in [0.1, 0.15) is 0 Å². The van der Waals surface area contributed by atoms with Crippen molar-refractivity contribution < 1.29 is 22.8 Å². The molecule has 0 spiro atoms. The SMILES string of the molecule is O=C1Cc2cc(NC(=O)C3CCN(c4cccc(C(F)(F)F)c4)CC3)ccc2N1. The summed E-state index contributed by atoms with van der Waals surface area (Å²) >= 11 is 0. The predicted molar refractivity (Wildman–Crippen MR) is 104 cm³/mol. The van der Waals surface area contributed by atoms with Gasteiger partial charge in [-0.05, 0) is 54.8 Å². The quantitative estimate of drug-likeness (QED) is 0.813. The zero-order valence-corrected chi connectivity index (χ0v) is 15.6. The molecule has 5 nitrogen and oxygen atoms in total. The molecule has 1 saturated heterocycles. The fraction of sp³-hybridized carbons (Fsp3) is 0.333. The van der Waals surface area contributed by atoms with Gasteiger partial charge in [0.05, 0.1) is 12.0 Å². The van der Waals surface area contributed by atoms with Crippen molar-refractivity contribution in [3.05, 3.63) is 53.6 Å². The minimum Gasteiger partial charge on any atom is -0.371 e. The molecule has 2 aromatic carbocycles. The number of benzene rings is 2. The Hall–Kier alpha value is -3.03. The number of amides is 2. The number of alkyl halides is 3. The minimum absolute atomic E-state index is 0.0644. The fourth-order valence-electron chi connectivity index (χ4n) is 3.83. The molecule has 2 amide bonds. The number of nitrogens with one attached hydrogen (secondary N) is 2. The standard InChI is InChI=1S/C21H20F3N3O2/c22-21(23,24)15-2-1-3-17(12-15)27-8-6-13(7-9-27)20(29)25-16-4-5-18-14(10-16)11-19(28)26-18/h1-5,10,12-13H,6-9,11H2,(H,25,29)(H,26,28). The first-order valence-electron chi connectivity index (χ1n) is 9.45. The van der Waals surface area contributed by atoms with Crippen LogP contribution in [0.25, 0.3) is 0 Å². The van der Waals surface area contributed by atoms with Gasteiger partial charge in [0, 0.05) is 36.1 Å². The normalized spacial score (nSPS) is 17.1. The van der Waals surface area contributed by atoms with Crippen molar-refractivity contribution in [2.45, 2.75) is 25.4 Å². The molecule has 1 fully saturated rings. The molecule has 8 heteroatoms. The molecule has 152 valence electrons. The van der Waals surface area contributed by atoms with Crippen LogP contribution >= 0.6 is 0 Å². The zero-order valence-electron chi connectivity index (χ0n) is 15.6. The summed E-state index contributed by atoms with van der Waals surface area (Å²) in [5.41, 5.74) is 2.12. The summed E-state index contributed by atoms with van der Waals surface area (Å²) in [5.74, 6) is -0.374. The predicted octanol–water partition coefficient (Wildman–Crippen LogP) is 4.06. The molecular formula is C21H20F3N3O2. The van der Waals surface area contributed by atoms with E-state index in [1.807, 2.05) is 4.90 Å².